The minimum atomic E-state index is -1.17. The quantitative estimate of drug-likeness (QED) is 0.524. The molecule has 3 rings (SSSR count). The van der Waals surface area contributed by atoms with E-state index < -0.39 is 23.5 Å². The minimum Gasteiger partial charge on any atom is -0.484 e. The van der Waals surface area contributed by atoms with Crippen LogP contribution >= 0.6 is 0 Å². The number of carboxylic acids is 1. The van der Waals surface area contributed by atoms with Gasteiger partial charge in [0.1, 0.15) is 11.3 Å². The molecule has 1 aromatic heterocycles. The second-order valence-corrected chi connectivity index (χ2v) is 6.89. The topological polar surface area (TPSA) is 106 Å². The van der Waals surface area contributed by atoms with Crippen molar-refractivity contribution < 1.29 is 23.8 Å². The SMILES string of the molecule is CCCCc1cc(=O)oc2cc(OCC(=O)N[C@@H](C(=O)O)c3ccccc3)ccc12. The van der Waals surface area contributed by atoms with E-state index in [0.29, 0.717) is 16.9 Å². The third-order valence-electron chi connectivity index (χ3n) is 4.66. The molecule has 7 heteroatoms. The number of fused-ring (bicyclic) bond motifs is 1. The number of benzene rings is 2. The molecule has 1 atom stereocenters. The Labute approximate surface area is 173 Å². The Morgan fingerprint density at radius 3 is 2.60 bits per heavy atom. The van der Waals surface area contributed by atoms with Crippen LogP contribution in [0.15, 0.2) is 63.8 Å². The molecule has 30 heavy (non-hydrogen) atoms. The summed E-state index contributed by atoms with van der Waals surface area (Å²) in [6.07, 6.45) is 2.75. The number of rotatable bonds is 9. The van der Waals surface area contributed by atoms with Gasteiger partial charge >= 0.3 is 11.6 Å². The van der Waals surface area contributed by atoms with Gasteiger partial charge in [-0.25, -0.2) is 9.59 Å². The van der Waals surface area contributed by atoms with Gasteiger partial charge in [-0.3, -0.25) is 4.79 Å². The van der Waals surface area contributed by atoms with Crippen LogP contribution < -0.4 is 15.7 Å². The number of hydrogen-bond donors (Lipinski definition) is 2. The van der Waals surface area contributed by atoms with Gasteiger partial charge in [0.05, 0.1) is 0 Å². The van der Waals surface area contributed by atoms with Crippen molar-refractivity contribution >= 4 is 22.8 Å². The van der Waals surface area contributed by atoms with E-state index in [0.717, 1.165) is 30.2 Å². The Hall–Kier alpha value is -3.61. The predicted octanol–water partition coefficient (Wildman–Crippen LogP) is 3.46. The summed E-state index contributed by atoms with van der Waals surface area (Å²) >= 11 is 0. The van der Waals surface area contributed by atoms with Gasteiger partial charge < -0.3 is 19.6 Å². The van der Waals surface area contributed by atoms with Gasteiger partial charge in [0.25, 0.3) is 5.91 Å². The van der Waals surface area contributed by atoms with E-state index in [9.17, 15) is 19.5 Å². The lowest BCUT2D eigenvalue weighted by atomic mass is 10.0. The molecule has 0 aliphatic carbocycles. The van der Waals surface area contributed by atoms with Crippen LogP contribution in [0.5, 0.6) is 5.75 Å². The smallest absolute Gasteiger partial charge is 0.336 e. The first-order chi connectivity index (χ1) is 14.5. The minimum absolute atomic E-state index is 0.347. The van der Waals surface area contributed by atoms with Gasteiger partial charge in [-0.2, -0.15) is 0 Å². The second-order valence-electron chi connectivity index (χ2n) is 6.89. The van der Waals surface area contributed by atoms with Crippen molar-refractivity contribution in [3.63, 3.8) is 0 Å². The molecule has 0 saturated heterocycles. The Morgan fingerprint density at radius 1 is 1.13 bits per heavy atom. The molecule has 0 unspecified atom stereocenters. The summed E-state index contributed by atoms with van der Waals surface area (Å²) in [6, 6.07) is 13.8. The van der Waals surface area contributed by atoms with Gasteiger partial charge in [-0.05, 0) is 36.1 Å². The molecule has 1 heterocycles. The monoisotopic (exact) mass is 409 g/mol. The van der Waals surface area contributed by atoms with Gasteiger partial charge in [-0.1, -0.05) is 43.7 Å². The van der Waals surface area contributed by atoms with Crippen LogP contribution in [-0.2, 0) is 16.0 Å². The van der Waals surface area contributed by atoms with E-state index in [2.05, 4.69) is 12.2 Å². The molecule has 1 amide bonds. The molecule has 3 aromatic rings. The van der Waals surface area contributed by atoms with Crippen molar-refractivity contribution in [2.24, 2.45) is 0 Å². The van der Waals surface area contributed by atoms with Gasteiger partial charge in [0.2, 0.25) is 0 Å². The normalized spacial score (nSPS) is 11.8. The molecule has 2 N–H and O–H groups in total. The number of unbranched alkanes of at least 4 members (excludes halogenated alkanes) is 1. The summed E-state index contributed by atoms with van der Waals surface area (Å²) < 4.78 is 10.8. The zero-order valence-corrected chi connectivity index (χ0v) is 16.6. The Bertz CT molecular complexity index is 1090. The van der Waals surface area contributed by atoms with Crippen LogP contribution in [-0.4, -0.2) is 23.6 Å². The molecule has 7 nitrogen and oxygen atoms in total. The Balaban J connectivity index is 1.69. The van der Waals surface area contributed by atoms with E-state index in [1.165, 1.54) is 6.07 Å². The summed E-state index contributed by atoms with van der Waals surface area (Å²) in [5, 5.41) is 12.7. The van der Waals surface area contributed by atoms with Crippen molar-refractivity contribution in [3.8, 4) is 5.75 Å². The fourth-order valence-electron chi connectivity index (χ4n) is 3.16. The van der Waals surface area contributed by atoms with Crippen molar-refractivity contribution in [1.82, 2.24) is 5.32 Å². The second kappa shape index (κ2) is 9.73. The average molecular weight is 409 g/mol. The van der Waals surface area contributed by atoms with Gasteiger partial charge in [0, 0.05) is 17.5 Å². The van der Waals surface area contributed by atoms with Crippen molar-refractivity contribution in [2.75, 3.05) is 6.61 Å². The highest BCUT2D eigenvalue weighted by molar-refractivity contribution is 5.85. The predicted molar refractivity (Wildman–Crippen MR) is 112 cm³/mol. The molecule has 0 fully saturated rings. The summed E-state index contributed by atoms with van der Waals surface area (Å²) in [5.74, 6) is -1.40. The number of nitrogens with one attached hydrogen (secondary N) is 1. The Morgan fingerprint density at radius 2 is 1.90 bits per heavy atom. The van der Waals surface area contributed by atoms with Crippen molar-refractivity contribution in [1.29, 1.82) is 0 Å². The number of carbonyl (C=O) groups excluding carboxylic acids is 1. The van der Waals surface area contributed by atoms with Crippen LogP contribution in [0.2, 0.25) is 0 Å². The highest BCUT2D eigenvalue weighted by Crippen LogP contribution is 2.24. The lowest BCUT2D eigenvalue weighted by Gasteiger charge is -2.15. The number of amides is 1. The van der Waals surface area contributed by atoms with Crippen LogP contribution in [0.4, 0.5) is 0 Å². The van der Waals surface area contributed by atoms with E-state index >= 15 is 0 Å². The molecule has 0 radical (unpaired) electrons. The summed E-state index contributed by atoms with van der Waals surface area (Å²) in [7, 11) is 0. The number of ether oxygens (including phenoxy) is 1. The van der Waals surface area contributed by atoms with Crippen molar-refractivity contribution in [2.45, 2.75) is 32.2 Å². The standard InChI is InChI=1S/C23H23NO6/c1-2-3-7-16-12-21(26)30-19-13-17(10-11-18(16)19)29-14-20(25)24-22(23(27)28)15-8-5-4-6-9-15/h4-6,8-13,22H,2-3,7,14H2,1H3,(H,24,25)(H,27,28)/t22-/m1/s1. The number of aliphatic carboxylic acids is 1. The zero-order valence-electron chi connectivity index (χ0n) is 16.6. The summed E-state index contributed by atoms with van der Waals surface area (Å²) in [5.41, 5.74) is 1.33. The van der Waals surface area contributed by atoms with E-state index in [1.54, 1.807) is 48.5 Å². The van der Waals surface area contributed by atoms with Crippen LogP contribution in [0.3, 0.4) is 0 Å². The third-order valence-corrected chi connectivity index (χ3v) is 4.66. The lowest BCUT2D eigenvalue weighted by Crippen LogP contribution is -2.36. The number of aryl methyl sites for hydroxylation is 1. The molecule has 156 valence electrons. The van der Waals surface area contributed by atoms with E-state index in [4.69, 9.17) is 9.15 Å². The molecule has 0 saturated carbocycles. The Kier molecular flexibility index (Phi) is 6.85. The molecular formula is C23H23NO6. The maximum Gasteiger partial charge on any atom is 0.336 e. The van der Waals surface area contributed by atoms with Crippen molar-refractivity contribution in [3.05, 3.63) is 76.1 Å². The zero-order chi connectivity index (χ0) is 21.5. The average Bonchev–Trinajstić information content (AvgIpc) is 2.74. The first kappa shape index (κ1) is 21.1. The lowest BCUT2D eigenvalue weighted by molar-refractivity contribution is -0.142. The summed E-state index contributed by atoms with van der Waals surface area (Å²) in [4.78, 5) is 35.6. The fourth-order valence-corrected chi connectivity index (χ4v) is 3.16. The number of carbonyl (C=O) groups is 2. The first-order valence-electron chi connectivity index (χ1n) is 9.74. The first-order valence-corrected chi connectivity index (χ1v) is 9.74. The fraction of sp³-hybridized carbons (Fsp3) is 0.261. The highest BCUT2D eigenvalue weighted by atomic mass is 16.5. The summed E-state index contributed by atoms with van der Waals surface area (Å²) in [6.45, 7) is 1.71. The molecule has 0 aliphatic heterocycles. The van der Waals surface area contributed by atoms with Crippen LogP contribution in [0.1, 0.15) is 36.9 Å². The van der Waals surface area contributed by atoms with Gasteiger partial charge in [0.15, 0.2) is 12.6 Å². The molecule has 0 spiro atoms. The maximum atomic E-state index is 12.2. The third kappa shape index (κ3) is 5.26. The van der Waals surface area contributed by atoms with Crippen LogP contribution in [0, 0.1) is 0 Å². The van der Waals surface area contributed by atoms with Crippen LogP contribution in [0.25, 0.3) is 11.0 Å². The van der Waals surface area contributed by atoms with Gasteiger partial charge in [-0.15, -0.1) is 0 Å². The largest absolute Gasteiger partial charge is 0.484 e. The highest BCUT2D eigenvalue weighted by Gasteiger charge is 2.22. The molecule has 0 bridgehead atoms. The number of carboxylic acid groups (broad SMARTS) is 1. The number of hydrogen-bond acceptors (Lipinski definition) is 5. The van der Waals surface area contributed by atoms with E-state index in [-0.39, 0.29) is 6.61 Å². The molecule has 0 aliphatic rings. The molecular weight excluding hydrogens is 386 g/mol. The van der Waals surface area contributed by atoms with E-state index in [1.807, 2.05) is 0 Å². The maximum absolute atomic E-state index is 12.2. The molecule has 2 aromatic carbocycles.